The number of esters is 3. The number of aromatic nitrogens is 3. The van der Waals surface area contributed by atoms with Crippen molar-refractivity contribution in [3.63, 3.8) is 0 Å². The molecule has 5 rings (SSSR count). The van der Waals surface area contributed by atoms with Gasteiger partial charge < -0.3 is 24.2 Å². The number of β-lactam (4-membered cyclic amide) rings is 1. The molecule has 0 bridgehead atoms. The number of aliphatic hydroxyl groups is 1. The lowest BCUT2D eigenvalue weighted by Crippen LogP contribution is -2.55. The summed E-state index contributed by atoms with van der Waals surface area (Å²) in [6.07, 6.45) is 3.02. The maximum absolute atomic E-state index is 13.9. The fraction of sp³-hybridized carbons (Fsp3) is 0.300. The fourth-order valence-corrected chi connectivity index (χ4v) is 5.75. The predicted octanol–water partition coefficient (Wildman–Crippen LogP) is 4.47. The third-order valence-corrected chi connectivity index (χ3v) is 8.31. The maximum atomic E-state index is 13.9. The molecule has 1 aliphatic rings. The smallest absolute Gasteiger partial charge is 0.303 e. The molecular formula is C40H37FN4O8. The Balaban J connectivity index is 1.39. The zero-order valence-corrected chi connectivity index (χ0v) is 29.3. The summed E-state index contributed by atoms with van der Waals surface area (Å²) < 4.78 is 30.7. The van der Waals surface area contributed by atoms with E-state index < -0.39 is 60.6 Å². The molecule has 53 heavy (non-hydrogen) atoms. The lowest BCUT2D eigenvalue weighted by Gasteiger charge is -2.48. The molecule has 1 aromatic heterocycles. The van der Waals surface area contributed by atoms with E-state index in [-0.39, 0.29) is 5.91 Å². The first-order valence-electron chi connectivity index (χ1n) is 16.7. The average molecular weight is 721 g/mol. The Bertz CT molecular complexity index is 2030. The second-order valence-electron chi connectivity index (χ2n) is 12.4. The van der Waals surface area contributed by atoms with Crippen molar-refractivity contribution < 1.29 is 42.9 Å². The molecule has 1 aliphatic heterocycles. The number of hydrogen-bond acceptors (Lipinski definition) is 10. The van der Waals surface area contributed by atoms with Gasteiger partial charge >= 0.3 is 17.9 Å². The first kappa shape index (κ1) is 37.9. The summed E-state index contributed by atoms with van der Waals surface area (Å²) in [5.41, 5.74) is 1.41. The summed E-state index contributed by atoms with van der Waals surface area (Å²) in [4.78, 5) is 54.2. The quantitative estimate of drug-likeness (QED) is 0.0962. The summed E-state index contributed by atoms with van der Waals surface area (Å²) in [6.45, 7) is 3.05. The van der Waals surface area contributed by atoms with E-state index >= 15 is 0 Å². The third-order valence-electron chi connectivity index (χ3n) is 8.31. The largest absolute Gasteiger partial charge is 0.462 e. The molecule has 1 saturated heterocycles. The number of benzene rings is 3. The number of ether oxygens (including phenoxy) is 3. The Morgan fingerprint density at radius 3 is 2.09 bits per heavy atom. The van der Waals surface area contributed by atoms with Crippen LogP contribution in [0.3, 0.4) is 0 Å². The van der Waals surface area contributed by atoms with Gasteiger partial charge in [0.05, 0.1) is 12.0 Å². The highest BCUT2D eigenvalue weighted by Crippen LogP contribution is 2.46. The summed E-state index contributed by atoms with van der Waals surface area (Å²) in [5.74, 6) is 8.85. The lowest BCUT2D eigenvalue weighted by atomic mass is 9.78. The van der Waals surface area contributed by atoms with Crippen LogP contribution in [0.15, 0.2) is 85.5 Å². The molecular weight excluding hydrogens is 683 g/mol. The number of hydrogen-bond donors (Lipinski definition) is 1. The van der Waals surface area contributed by atoms with Crippen molar-refractivity contribution in [3.8, 4) is 23.7 Å². The molecule has 3 aromatic carbocycles. The molecule has 12 nitrogen and oxygen atoms in total. The van der Waals surface area contributed by atoms with Crippen molar-refractivity contribution in [2.24, 2.45) is 5.92 Å². The molecule has 13 heteroatoms. The maximum Gasteiger partial charge on any atom is 0.303 e. The van der Waals surface area contributed by atoms with Gasteiger partial charge in [-0.15, -0.1) is 0 Å². The van der Waals surface area contributed by atoms with E-state index in [4.69, 9.17) is 14.2 Å². The van der Waals surface area contributed by atoms with E-state index in [9.17, 15) is 28.7 Å². The highest BCUT2D eigenvalue weighted by Gasteiger charge is 2.48. The molecule has 0 unspecified atom stereocenters. The predicted molar refractivity (Wildman–Crippen MR) is 189 cm³/mol. The van der Waals surface area contributed by atoms with Crippen LogP contribution in [-0.4, -0.2) is 62.5 Å². The summed E-state index contributed by atoms with van der Waals surface area (Å²) >= 11 is 0. The minimum atomic E-state index is -1.94. The molecule has 3 atom stereocenters. The molecule has 4 aromatic rings. The number of carbonyl (C=O) groups is 4. The Hall–Kier alpha value is -6.31. The van der Waals surface area contributed by atoms with Gasteiger partial charge in [0.25, 0.3) is 0 Å². The van der Waals surface area contributed by atoms with Crippen molar-refractivity contribution in [1.82, 2.24) is 14.8 Å². The normalized spacial score (nSPS) is 15.5. The van der Waals surface area contributed by atoms with Gasteiger partial charge in [0.2, 0.25) is 5.91 Å². The van der Waals surface area contributed by atoms with Crippen LogP contribution in [0.1, 0.15) is 68.0 Å². The van der Waals surface area contributed by atoms with Crippen LogP contribution >= 0.6 is 0 Å². The second kappa shape index (κ2) is 17.3. The van der Waals surface area contributed by atoms with Crippen molar-refractivity contribution in [1.29, 1.82) is 0 Å². The lowest BCUT2D eigenvalue weighted by molar-refractivity contribution is -0.154. The molecule has 0 spiro atoms. The molecule has 0 aliphatic carbocycles. The molecule has 1 fully saturated rings. The average Bonchev–Trinajstić information content (AvgIpc) is 3.66. The van der Waals surface area contributed by atoms with Crippen LogP contribution in [0, 0.1) is 35.4 Å². The topological polar surface area (TPSA) is 150 Å². The van der Waals surface area contributed by atoms with E-state index in [2.05, 4.69) is 33.8 Å². The number of carbonyl (C=O) groups excluding carboxylic acids is 4. The van der Waals surface area contributed by atoms with Gasteiger partial charge in [-0.05, 0) is 72.5 Å². The van der Waals surface area contributed by atoms with E-state index in [1.165, 1.54) is 39.2 Å². The Morgan fingerprint density at radius 2 is 1.51 bits per heavy atom. The van der Waals surface area contributed by atoms with Gasteiger partial charge in [-0.25, -0.2) is 14.1 Å². The van der Waals surface area contributed by atoms with Gasteiger partial charge in [-0.1, -0.05) is 47.9 Å². The highest BCUT2D eigenvalue weighted by atomic mass is 19.1. The van der Waals surface area contributed by atoms with Gasteiger partial charge in [0.1, 0.15) is 44.3 Å². The van der Waals surface area contributed by atoms with Crippen molar-refractivity contribution in [3.05, 3.63) is 114 Å². The van der Waals surface area contributed by atoms with Crippen LogP contribution in [0.25, 0.3) is 0 Å². The van der Waals surface area contributed by atoms with E-state index in [0.29, 0.717) is 36.2 Å². The van der Waals surface area contributed by atoms with Crippen LogP contribution in [0.4, 0.5) is 10.1 Å². The molecule has 2 heterocycles. The zero-order valence-electron chi connectivity index (χ0n) is 29.3. The van der Waals surface area contributed by atoms with E-state index in [1.54, 1.807) is 40.2 Å². The Morgan fingerprint density at radius 1 is 0.887 bits per heavy atom. The summed E-state index contributed by atoms with van der Waals surface area (Å²) in [7, 11) is 0. The van der Waals surface area contributed by atoms with Gasteiger partial charge in [0.15, 0.2) is 5.60 Å². The first-order chi connectivity index (χ1) is 25.4. The van der Waals surface area contributed by atoms with Gasteiger partial charge in [0, 0.05) is 37.6 Å². The molecule has 0 saturated carbocycles. The SMILES string of the molecule is CC(=O)OCC(O)(C#Cc1ccc([C@@H]2[C@@H](CC[C@H](OC(C)=O)c3ccc(F)cc3)C(=O)N2c2ccc(C#CCn3cncn3)cc2)cc1)COC(C)=O. The van der Waals surface area contributed by atoms with Crippen molar-refractivity contribution in [2.45, 2.75) is 57.9 Å². The van der Waals surface area contributed by atoms with Crippen LogP contribution < -0.4 is 4.90 Å². The number of amides is 1. The fourth-order valence-electron chi connectivity index (χ4n) is 5.75. The Labute approximate surface area is 305 Å². The zero-order chi connectivity index (χ0) is 38.0. The van der Waals surface area contributed by atoms with E-state index in [1.807, 2.05) is 36.4 Å². The van der Waals surface area contributed by atoms with E-state index in [0.717, 1.165) is 11.1 Å². The van der Waals surface area contributed by atoms with Crippen LogP contribution in [0.5, 0.6) is 0 Å². The van der Waals surface area contributed by atoms with Gasteiger partial charge in [-0.2, -0.15) is 5.10 Å². The van der Waals surface area contributed by atoms with Crippen molar-refractivity contribution >= 4 is 29.5 Å². The van der Waals surface area contributed by atoms with Crippen LogP contribution in [-0.2, 0) is 39.9 Å². The van der Waals surface area contributed by atoms with Crippen LogP contribution in [0.2, 0.25) is 0 Å². The third kappa shape index (κ3) is 10.4. The highest BCUT2D eigenvalue weighted by molar-refractivity contribution is 6.03. The standard InChI is InChI=1S/C40H37FN4O8/c1-27(46)51-23-40(50,24-52-28(2)47)21-20-31-6-10-33(11-7-31)38-36(18-19-37(53-29(3)48)32-12-14-34(41)15-13-32)39(49)45(38)35-16-8-30(9-17-35)5-4-22-44-26-42-25-43-44/h6-17,25-26,36-38,50H,18-19,22-24H2,1-3H3/t36-,37+,38-/m1/s1. The number of anilines is 1. The molecule has 1 N–H and O–H groups in total. The monoisotopic (exact) mass is 720 g/mol. The summed E-state index contributed by atoms with van der Waals surface area (Å²) in [6, 6.07) is 19.7. The number of nitrogens with zero attached hydrogens (tertiary/aromatic N) is 4. The molecule has 272 valence electrons. The van der Waals surface area contributed by atoms with Gasteiger partial charge in [-0.3, -0.25) is 19.2 Å². The molecule has 1 amide bonds. The van der Waals surface area contributed by atoms with Crippen molar-refractivity contribution in [2.75, 3.05) is 18.1 Å². The molecule has 0 radical (unpaired) electrons. The number of rotatable bonds is 12. The minimum Gasteiger partial charge on any atom is -0.462 e. The second-order valence-corrected chi connectivity index (χ2v) is 12.4. The number of halogens is 1. The summed E-state index contributed by atoms with van der Waals surface area (Å²) in [5, 5.41) is 15.0. The Kier molecular flexibility index (Phi) is 12.4. The first-order valence-corrected chi connectivity index (χ1v) is 16.7. The minimum absolute atomic E-state index is 0.120.